The van der Waals surface area contributed by atoms with Crippen LogP contribution in [0.4, 0.5) is 4.39 Å². The Morgan fingerprint density at radius 3 is 2.52 bits per heavy atom. The number of benzene rings is 2. The van der Waals surface area contributed by atoms with E-state index >= 15 is 0 Å². The van der Waals surface area contributed by atoms with E-state index in [1.54, 1.807) is 0 Å². The Balaban J connectivity index is 2.22. The highest BCUT2D eigenvalue weighted by Gasteiger charge is 2.18. The first-order chi connectivity index (χ1) is 10.7. The molecule has 122 valence electrons. The van der Waals surface area contributed by atoms with Crippen molar-refractivity contribution in [2.45, 2.75) is 25.3 Å². The van der Waals surface area contributed by atoms with Crippen LogP contribution in [0.5, 0.6) is 0 Å². The summed E-state index contributed by atoms with van der Waals surface area (Å²) in [6.07, 6.45) is 0. The SMILES string of the molecule is Cc1ccc(C)c(COC(=O)c2cc(S(N)(=O)=O)ccc2F)c1. The predicted octanol–water partition coefficient (Wildman–Crippen LogP) is 2.45. The highest BCUT2D eigenvalue weighted by atomic mass is 32.2. The molecule has 0 atom stereocenters. The molecule has 0 fully saturated rings. The van der Waals surface area contributed by atoms with Crippen molar-refractivity contribution in [1.29, 1.82) is 0 Å². The first kappa shape index (κ1) is 17.1. The van der Waals surface area contributed by atoms with E-state index in [1.165, 1.54) is 0 Å². The van der Waals surface area contributed by atoms with Crippen molar-refractivity contribution in [2.24, 2.45) is 5.14 Å². The topological polar surface area (TPSA) is 86.5 Å². The van der Waals surface area contributed by atoms with E-state index in [2.05, 4.69) is 0 Å². The summed E-state index contributed by atoms with van der Waals surface area (Å²) in [7, 11) is -4.03. The summed E-state index contributed by atoms with van der Waals surface area (Å²) >= 11 is 0. The van der Waals surface area contributed by atoms with Crippen LogP contribution in [-0.4, -0.2) is 14.4 Å². The molecule has 23 heavy (non-hydrogen) atoms. The zero-order valence-electron chi connectivity index (χ0n) is 12.7. The fourth-order valence-corrected chi connectivity index (χ4v) is 2.55. The lowest BCUT2D eigenvalue weighted by molar-refractivity contribution is 0.0466. The number of carbonyl (C=O) groups excluding carboxylic acids is 1. The molecule has 7 heteroatoms. The van der Waals surface area contributed by atoms with Crippen LogP contribution in [0.15, 0.2) is 41.3 Å². The van der Waals surface area contributed by atoms with Crippen LogP contribution in [0, 0.1) is 19.7 Å². The smallest absolute Gasteiger partial charge is 0.341 e. The largest absolute Gasteiger partial charge is 0.457 e. The lowest BCUT2D eigenvalue weighted by Crippen LogP contribution is -2.15. The van der Waals surface area contributed by atoms with Gasteiger partial charge >= 0.3 is 5.97 Å². The van der Waals surface area contributed by atoms with Crippen LogP contribution < -0.4 is 5.14 Å². The molecule has 0 radical (unpaired) electrons. The molecular formula is C16H16FNO4S. The minimum absolute atomic E-state index is 0.0363. The van der Waals surface area contributed by atoms with Gasteiger partial charge < -0.3 is 4.74 Å². The van der Waals surface area contributed by atoms with Crippen molar-refractivity contribution in [1.82, 2.24) is 0 Å². The third kappa shape index (κ3) is 4.14. The van der Waals surface area contributed by atoms with Crippen LogP contribution in [0.3, 0.4) is 0 Å². The van der Waals surface area contributed by atoms with Gasteiger partial charge in [0.2, 0.25) is 10.0 Å². The van der Waals surface area contributed by atoms with Crippen LogP contribution in [0.2, 0.25) is 0 Å². The Bertz CT molecular complexity index is 862. The van der Waals surface area contributed by atoms with Crippen molar-refractivity contribution in [2.75, 3.05) is 0 Å². The fraction of sp³-hybridized carbons (Fsp3) is 0.188. The van der Waals surface area contributed by atoms with Gasteiger partial charge in [0.1, 0.15) is 12.4 Å². The Morgan fingerprint density at radius 1 is 1.17 bits per heavy atom. The number of nitrogens with two attached hydrogens (primary N) is 1. The van der Waals surface area contributed by atoms with E-state index in [9.17, 15) is 17.6 Å². The van der Waals surface area contributed by atoms with E-state index in [1.807, 2.05) is 32.0 Å². The van der Waals surface area contributed by atoms with Crippen molar-refractivity contribution in [3.8, 4) is 0 Å². The second-order valence-electron chi connectivity index (χ2n) is 5.19. The standard InChI is InChI=1S/C16H16FNO4S/c1-10-3-4-11(2)12(7-10)9-22-16(19)14-8-13(23(18,20)21)5-6-15(14)17/h3-8H,9H2,1-2H3,(H2,18,20,21). The number of hydrogen-bond donors (Lipinski definition) is 1. The number of aryl methyl sites for hydroxylation is 2. The first-order valence-corrected chi connectivity index (χ1v) is 8.29. The Labute approximate surface area is 133 Å². The summed E-state index contributed by atoms with van der Waals surface area (Å²) in [6, 6.07) is 8.41. The van der Waals surface area contributed by atoms with Crippen molar-refractivity contribution in [3.63, 3.8) is 0 Å². The molecule has 0 aliphatic carbocycles. The molecule has 0 aliphatic rings. The molecule has 0 unspecified atom stereocenters. The maximum Gasteiger partial charge on any atom is 0.341 e. The molecule has 0 heterocycles. The summed E-state index contributed by atoms with van der Waals surface area (Å²) in [5.74, 6) is -1.82. The normalized spacial score (nSPS) is 11.3. The van der Waals surface area contributed by atoms with Gasteiger partial charge in [-0.1, -0.05) is 23.8 Å². The van der Waals surface area contributed by atoms with E-state index in [0.29, 0.717) is 0 Å². The first-order valence-electron chi connectivity index (χ1n) is 6.74. The Hall–Kier alpha value is -2.25. The highest BCUT2D eigenvalue weighted by molar-refractivity contribution is 7.89. The highest BCUT2D eigenvalue weighted by Crippen LogP contribution is 2.17. The number of ether oxygens (including phenoxy) is 1. The number of halogens is 1. The van der Waals surface area contributed by atoms with Gasteiger partial charge in [-0.25, -0.2) is 22.7 Å². The number of hydrogen-bond acceptors (Lipinski definition) is 4. The molecule has 5 nitrogen and oxygen atoms in total. The number of carbonyl (C=O) groups is 1. The monoisotopic (exact) mass is 337 g/mol. The average Bonchev–Trinajstić information content (AvgIpc) is 2.47. The molecule has 0 saturated heterocycles. The maximum absolute atomic E-state index is 13.7. The minimum Gasteiger partial charge on any atom is -0.457 e. The van der Waals surface area contributed by atoms with Crippen LogP contribution in [0.25, 0.3) is 0 Å². The molecule has 0 spiro atoms. The van der Waals surface area contributed by atoms with Gasteiger partial charge in [0, 0.05) is 0 Å². The van der Waals surface area contributed by atoms with Gasteiger partial charge in [0.05, 0.1) is 10.5 Å². The van der Waals surface area contributed by atoms with E-state index in [0.717, 1.165) is 34.9 Å². The molecule has 0 aromatic heterocycles. The second kappa shape index (κ2) is 6.47. The van der Waals surface area contributed by atoms with Crippen molar-refractivity contribution < 1.29 is 22.3 Å². The van der Waals surface area contributed by atoms with E-state index in [4.69, 9.17) is 9.88 Å². The summed E-state index contributed by atoms with van der Waals surface area (Å²) < 4.78 is 41.4. The number of primary sulfonamides is 1. The summed E-state index contributed by atoms with van der Waals surface area (Å²) in [5, 5.41) is 4.98. The number of rotatable bonds is 4. The van der Waals surface area contributed by atoms with Crippen molar-refractivity contribution in [3.05, 3.63) is 64.5 Å². The third-order valence-corrected chi connectivity index (χ3v) is 4.26. The zero-order chi connectivity index (χ0) is 17.2. The average molecular weight is 337 g/mol. The van der Waals surface area contributed by atoms with Crippen molar-refractivity contribution >= 4 is 16.0 Å². The number of sulfonamides is 1. The molecule has 2 rings (SSSR count). The van der Waals surface area contributed by atoms with Gasteiger partial charge in [-0.15, -0.1) is 0 Å². The van der Waals surface area contributed by atoms with Gasteiger partial charge in [-0.2, -0.15) is 0 Å². The fourth-order valence-electron chi connectivity index (χ4n) is 2.01. The van der Waals surface area contributed by atoms with E-state index < -0.39 is 27.4 Å². The molecule has 2 aromatic rings. The molecule has 0 aliphatic heterocycles. The van der Waals surface area contributed by atoms with Crippen LogP contribution in [-0.2, 0) is 21.4 Å². The molecule has 0 bridgehead atoms. The van der Waals surface area contributed by atoms with Gasteiger partial charge in [-0.3, -0.25) is 0 Å². The second-order valence-corrected chi connectivity index (χ2v) is 6.75. The maximum atomic E-state index is 13.7. The number of esters is 1. The molecule has 2 aromatic carbocycles. The summed E-state index contributed by atoms with van der Waals surface area (Å²) in [4.78, 5) is 11.7. The molecule has 0 amide bonds. The molecule has 2 N–H and O–H groups in total. The van der Waals surface area contributed by atoms with Gasteiger partial charge in [0.15, 0.2) is 0 Å². The van der Waals surface area contributed by atoms with Gasteiger partial charge in [0.25, 0.3) is 0 Å². The summed E-state index contributed by atoms with van der Waals surface area (Å²) in [6.45, 7) is 3.73. The summed E-state index contributed by atoms with van der Waals surface area (Å²) in [5.41, 5.74) is 2.26. The Kier molecular flexibility index (Phi) is 4.82. The molecular weight excluding hydrogens is 321 g/mol. The lowest BCUT2D eigenvalue weighted by Gasteiger charge is -2.09. The lowest BCUT2D eigenvalue weighted by atomic mass is 10.1. The Morgan fingerprint density at radius 2 is 1.87 bits per heavy atom. The van der Waals surface area contributed by atoms with Gasteiger partial charge in [-0.05, 0) is 43.2 Å². The zero-order valence-corrected chi connectivity index (χ0v) is 13.5. The van der Waals surface area contributed by atoms with Crippen LogP contribution >= 0.6 is 0 Å². The van der Waals surface area contributed by atoms with E-state index in [-0.39, 0.29) is 11.5 Å². The van der Waals surface area contributed by atoms with Crippen LogP contribution in [0.1, 0.15) is 27.0 Å². The predicted molar refractivity (Wildman–Crippen MR) is 82.8 cm³/mol. The minimum atomic E-state index is -4.03. The third-order valence-electron chi connectivity index (χ3n) is 3.35. The molecule has 0 saturated carbocycles. The quantitative estimate of drug-likeness (QED) is 0.868.